The standard InChI is InChI=1S/C18H42BO9/c1-20-7-13-26(14-8-21-2)19(27(15-9-22-3)16-10-23-4)28(17-11-24-5)18-12-25-6/h7-18H2,1-6H3/q+3. The Labute approximate surface area is 171 Å². The lowest BCUT2D eigenvalue weighted by Crippen LogP contribution is -2.55. The first kappa shape index (κ1) is 27.7. The molecule has 0 aromatic rings. The molecular formula is C18H42BO9+3. The molecule has 0 N–H and O–H groups in total. The van der Waals surface area contributed by atoms with Gasteiger partial charge >= 0.3 is 7.32 Å². The third-order valence-corrected chi connectivity index (χ3v) is 4.11. The normalized spacial score (nSPS) is 11.9. The van der Waals surface area contributed by atoms with Crippen LogP contribution >= 0.6 is 0 Å². The van der Waals surface area contributed by atoms with E-state index in [1.807, 2.05) is 0 Å². The molecule has 0 atom stereocenters. The van der Waals surface area contributed by atoms with Crippen molar-refractivity contribution in [3.05, 3.63) is 0 Å². The molecule has 0 aliphatic carbocycles. The smallest absolute Gasteiger partial charge is 0.377 e. The van der Waals surface area contributed by atoms with E-state index in [4.69, 9.17) is 28.4 Å². The van der Waals surface area contributed by atoms with Crippen LogP contribution in [0.3, 0.4) is 0 Å². The third kappa shape index (κ3) is 12.3. The summed E-state index contributed by atoms with van der Waals surface area (Å²) in [5.74, 6) is 0. The van der Waals surface area contributed by atoms with Gasteiger partial charge in [0.25, 0.3) is 0 Å². The van der Waals surface area contributed by atoms with Gasteiger partial charge in [0, 0.05) is 42.7 Å². The summed E-state index contributed by atoms with van der Waals surface area (Å²) in [6.07, 6.45) is 0. The minimum absolute atomic E-state index is 0.221. The Morgan fingerprint density at radius 1 is 0.393 bits per heavy atom. The lowest BCUT2D eigenvalue weighted by Gasteiger charge is -2.27. The molecule has 0 amide bonds. The van der Waals surface area contributed by atoms with Crippen LogP contribution in [0.1, 0.15) is 0 Å². The minimum atomic E-state index is -0.221. The highest BCUT2D eigenvalue weighted by Gasteiger charge is 2.74. The molecule has 0 aromatic heterocycles. The minimum Gasteiger partial charge on any atom is -0.377 e. The summed E-state index contributed by atoms with van der Waals surface area (Å²) in [5, 5.41) is 0. The molecule has 0 aromatic carbocycles. The summed E-state index contributed by atoms with van der Waals surface area (Å²) in [5.41, 5.74) is 0. The zero-order valence-electron chi connectivity index (χ0n) is 18.7. The fraction of sp³-hybridized carbons (Fsp3) is 1.00. The fourth-order valence-corrected chi connectivity index (χ4v) is 2.60. The second-order valence-electron chi connectivity index (χ2n) is 6.08. The van der Waals surface area contributed by atoms with E-state index in [-0.39, 0.29) is 7.32 Å². The van der Waals surface area contributed by atoms with Gasteiger partial charge in [0.15, 0.2) is 39.6 Å². The molecule has 0 heterocycles. The highest BCUT2D eigenvalue weighted by molar-refractivity contribution is 6.39. The monoisotopic (exact) mass is 413 g/mol. The van der Waals surface area contributed by atoms with Gasteiger partial charge in [-0.1, -0.05) is 0 Å². The third-order valence-electron chi connectivity index (χ3n) is 4.11. The molecule has 0 radical (unpaired) electrons. The molecule has 0 fully saturated rings. The van der Waals surface area contributed by atoms with Gasteiger partial charge in [0.1, 0.15) is 39.6 Å². The zero-order chi connectivity index (χ0) is 21.0. The summed E-state index contributed by atoms with van der Waals surface area (Å²) < 4.78 is 41.9. The van der Waals surface area contributed by atoms with Crippen LogP contribution in [0, 0.1) is 0 Å². The molecule has 0 spiro atoms. The number of rotatable bonds is 21. The molecule has 0 bridgehead atoms. The zero-order valence-corrected chi connectivity index (χ0v) is 18.7. The Morgan fingerprint density at radius 3 is 0.714 bits per heavy atom. The summed E-state index contributed by atoms with van der Waals surface area (Å²) in [6.45, 7) is 7.47. The van der Waals surface area contributed by atoms with Crippen LogP contribution < -0.4 is 0 Å². The van der Waals surface area contributed by atoms with Crippen LogP contribution in [0.15, 0.2) is 0 Å². The Kier molecular flexibility index (Phi) is 19.8. The van der Waals surface area contributed by atoms with E-state index in [9.17, 15) is 0 Å². The van der Waals surface area contributed by atoms with Gasteiger partial charge in [0.2, 0.25) is 0 Å². The van der Waals surface area contributed by atoms with E-state index in [1.54, 1.807) is 42.7 Å². The summed E-state index contributed by atoms with van der Waals surface area (Å²) in [4.78, 5) is 0. The SMILES string of the molecule is COCC[O+](CCOC)B([O+](CCOC)CCOC)[O+](CCOC)CCOC. The van der Waals surface area contributed by atoms with Crippen LogP contribution in [-0.2, 0) is 41.3 Å². The molecule has 28 heavy (non-hydrogen) atoms. The van der Waals surface area contributed by atoms with Gasteiger partial charge in [-0.2, -0.15) is 0 Å². The van der Waals surface area contributed by atoms with Crippen LogP contribution in [0.5, 0.6) is 0 Å². The predicted octanol–water partition coefficient (Wildman–Crippen LogP) is 0.507. The van der Waals surface area contributed by atoms with Gasteiger partial charge in [-0.05, 0) is 0 Å². The molecule has 0 aliphatic heterocycles. The summed E-state index contributed by atoms with van der Waals surface area (Å²) in [7, 11) is 9.98. The van der Waals surface area contributed by atoms with Crippen LogP contribution in [0.25, 0.3) is 0 Å². The maximum Gasteiger partial charge on any atom is 1.34 e. The summed E-state index contributed by atoms with van der Waals surface area (Å²) in [6, 6.07) is 0. The molecule has 10 heteroatoms. The second-order valence-corrected chi connectivity index (χ2v) is 6.08. The molecule has 0 unspecified atom stereocenters. The largest absolute Gasteiger partial charge is 1.34 e. The van der Waals surface area contributed by atoms with E-state index in [1.165, 1.54) is 0 Å². The van der Waals surface area contributed by atoms with Crippen molar-refractivity contribution in [3.8, 4) is 0 Å². The van der Waals surface area contributed by atoms with E-state index < -0.39 is 0 Å². The van der Waals surface area contributed by atoms with Crippen molar-refractivity contribution >= 4 is 7.32 Å². The summed E-state index contributed by atoms with van der Waals surface area (Å²) >= 11 is 0. The van der Waals surface area contributed by atoms with Crippen molar-refractivity contribution < 1.29 is 41.3 Å². The van der Waals surface area contributed by atoms with Gasteiger partial charge in [-0.25, -0.2) is 0 Å². The van der Waals surface area contributed by atoms with Crippen LogP contribution in [0.2, 0.25) is 0 Å². The maximum absolute atomic E-state index is 5.33. The molecule has 9 nitrogen and oxygen atoms in total. The Morgan fingerprint density at radius 2 is 0.571 bits per heavy atom. The second kappa shape index (κ2) is 20.0. The Bertz CT molecular complexity index is 254. The van der Waals surface area contributed by atoms with Gasteiger partial charge in [-0.3, -0.25) is 0 Å². The Hall–Kier alpha value is -0.295. The Balaban J connectivity index is 5.67. The molecule has 168 valence electrons. The number of ether oxygens (including phenoxy) is 6. The van der Waals surface area contributed by atoms with Gasteiger partial charge < -0.3 is 41.3 Å². The highest BCUT2D eigenvalue weighted by Crippen LogP contribution is 2.20. The van der Waals surface area contributed by atoms with E-state index >= 15 is 0 Å². The quantitative estimate of drug-likeness (QED) is 0.202. The lowest BCUT2D eigenvalue weighted by molar-refractivity contribution is -0.226. The predicted molar refractivity (Wildman–Crippen MR) is 109 cm³/mol. The maximum atomic E-state index is 5.33. The molecule has 0 saturated heterocycles. The number of hydrogen-bond donors (Lipinski definition) is 0. The van der Waals surface area contributed by atoms with Gasteiger partial charge in [0.05, 0.1) is 0 Å². The van der Waals surface area contributed by atoms with Crippen molar-refractivity contribution in [1.82, 2.24) is 0 Å². The first-order valence-electron chi connectivity index (χ1n) is 9.62. The fourth-order valence-electron chi connectivity index (χ4n) is 2.60. The lowest BCUT2D eigenvalue weighted by atomic mass is 10.1. The first-order chi connectivity index (χ1) is 13.7. The number of hydrogen-bond acceptors (Lipinski definition) is 6. The van der Waals surface area contributed by atoms with Crippen molar-refractivity contribution in [2.24, 2.45) is 0 Å². The van der Waals surface area contributed by atoms with Gasteiger partial charge in [-0.15, -0.1) is 0 Å². The van der Waals surface area contributed by atoms with Crippen molar-refractivity contribution in [1.29, 1.82) is 0 Å². The van der Waals surface area contributed by atoms with Crippen molar-refractivity contribution in [2.45, 2.75) is 0 Å². The average Bonchev–Trinajstić information content (AvgIpc) is 2.72. The van der Waals surface area contributed by atoms with Crippen LogP contribution in [0.4, 0.5) is 0 Å². The molecule has 0 rings (SSSR count). The van der Waals surface area contributed by atoms with E-state index in [0.717, 1.165) is 0 Å². The van der Waals surface area contributed by atoms with Crippen molar-refractivity contribution in [3.63, 3.8) is 0 Å². The molecule has 0 aliphatic rings. The highest BCUT2D eigenvalue weighted by atomic mass is 16.9. The number of methoxy groups -OCH3 is 6. The average molecular weight is 413 g/mol. The van der Waals surface area contributed by atoms with E-state index in [2.05, 4.69) is 12.9 Å². The first-order valence-corrected chi connectivity index (χ1v) is 9.62. The molecule has 0 saturated carbocycles. The molecular weight excluding hydrogens is 371 g/mol. The van der Waals surface area contributed by atoms with Crippen LogP contribution in [-0.4, -0.2) is 129 Å². The topological polar surface area (TPSA) is 63.5 Å². The van der Waals surface area contributed by atoms with Crippen molar-refractivity contribution in [2.75, 3.05) is 122 Å². The van der Waals surface area contributed by atoms with E-state index in [0.29, 0.717) is 79.3 Å².